The van der Waals surface area contributed by atoms with Crippen LogP contribution in [0.15, 0.2) is 42.5 Å². The van der Waals surface area contributed by atoms with Crippen LogP contribution in [0.5, 0.6) is 5.75 Å². The fourth-order valence-corrected chi connectivity index (χ4v) is 3.43. The quantitative estimate of drug-likeness (QED) is 0.763. The summed E-state index contributed by atoms with van der Waals surface area (Å²) in [6.45, 7) is 8.70. The van der Waals surface area contributed by atoms with Crippen LogP contribution >= 0.6 is 11.6 Å². The van der Waals surface area contributed by atoms with E-state index in [4.69, 9.17) is 16.3 Å². The number of amides is 2. The number of anilines is 1. The zero-order chi connectivity index (χ0) is 21.2. The Bertz CT molecular complexity index is 903. The predicted molar refractivity (Wildman–Crippen MR) is 115 cm³/mol. The van der Waals surface area contributed by atoms with Crippen molar-refractivity contribution in [3.05, 3.63) is 58.6 Å². The van der Waals surface area contributed by atoms with E-state index < -0.39 is 6.10 Å². The van der Waals surface area contributed by atoms with E-state index in [0.29, 0.717) is 36.0 Å². The largest absolute Gasteiger partial charge is 0.481 e. The monoisotopic (exact) mass is 414 g/mol. The van der Waals surface area contributed by atoms with Crippen molar-refractivity contribution in [3.8, 4) is 5.75 Å². The maximum absolute atomic E-state index is 12.8. The van der Waals surface area contributed by atoms with Crippen LogP contribution in [0, 0.1) is 5.41 Å². The molecule has 2 aromatic carbocycles. The van der Waals surface area contributed by atoms with E-state index in [1.54, 1.807) is 11.8 Å². The number of rotatable bonds is 4. The molecule has 1 heterocycles. The van der Waals surface area contributed by atoms with E-state index >= 15 is 0 Å². The lowest BCUT2D eigenvalue weighted by Crippen LogP contribution is -2.37. The van der Waals surface area contributed by atoms with Gasteiger partial charge in [0.25, 0.3) is 5.91 Å². The summed E-state index contributed by atoms with van der Waals surface area (Å²) in [5.74, 6) is 0.558. The molecular formula is C23H27ClN2O3. The minimum Gasteiger partial charge on any atom is -0.481 e. The number of halogens is 1. The van der Waals surface area contributed by atoms with Crippen LogP contribution in [-0.4, -0.2) is 22.8 Å². The third kappa shape index (κ3) is 5.73. The van der Waals surface area contributed by atoms with E-state index in [0.717, 1.165) is 11.1 Å². The minimum atomic E-state index is -0.579. The molecule has 1 aliphatic heterocycles. The van der Waals surface area contributed by atoms with Crippen LogP contribution < -0.4 is 10.1 Å². The van der Waals surface area contributed by atoms with Gasteiger partial charge in [-0.25, -0.2) is 0 Å². The maximum atomic E-state index is 12.8. The van der Waals surface area contributed by atoms with Gasteiger partial charge in [-0.3, -0.25) is 9.59 Å². The van der Waals surface area contributed by atoms with Gasteiger partial charge < -0.3 is 15.0 Å². The van der Waals surface area contributed by atoms with Crippen molar-refractivity contribution >= 4 is 29.1 Å². The summed E-state index contributed by atoms with van der Waals surface area (Å²) >= 11 is 5.96. The predicted octanol–water partition coefficient (Wildman–Crippen LogP) is 5.02. The standard InChI is InChI=1S/C23H27ClN2O3/c1-15-22(28)26(13-16-5-7-18(24)8-6-16)14-17-11-19(9-10-20(17)29-15)25-21(27)12-23(2,3)4/h5-11,15H,12-14H2,1-4H3,(H,25,27)/t15-/m1/s1. The summed E-state index contributed by atoms with van der Waals surface area (Å²) < 4.78 is 5.87. The Morgan fingerprint density at radius 3 is 2.55 bits per heavy atom. The summed E-state index contributed by atoms with van der Waals surface area (Å²) in [5, 5.41) is 3.61. The summed E-state index contributed by atoms with van der Waals surface area (Å²) in [7, 11) is 0. The molecular weight excluding hydrogens is 388 g/mol. The minimum absolute atomic E-state index is 0.0329. The van der Waals surface area contributed by atoms with Crippen molar-refractivity contribution < 1.29 is 14.3 Å². The van der Waals surface area contributed by atoms with Crippen molar-refractivity contribution in [3.63, 3.8) is 0 Å². The molecule has 0 saturated carbocycles. The molecule has 154 valence electrons. The van der Waals surface area contributed by atoms with Crippen molar-refractivity contribution in [1.29, 1.82) is 0 Å². The highest BCUT2D eigenvalue weighted by Gasteiger charge is 2.28. The van der Waals surface area contributed by atoms with E-state index in [9.17, 15) is 9.59 Å². The van der Waals surface area contributed by atoms with E-state index in [2.05, 4.69) is 5.32 Å². The van der Waals surface area contributed by atoms with Gasteiger partial charge in [0.15, 0.2) is 6.10 Å². The number of hydrogen-bond donors (Lipinski definition) is 1. The number of nitrogens with zero attached hydrogens (tertiary/aromatic N) is 1. The lowest BCUT2D eigenvalue weighted by Gasteiger charge is -2.22. The molecule has 5 nitrogen and oxygen atoms in total. The van der Waals surface area contributed by atoms with Crippen LogP contribution in [0.3, 0.4) is 0 Å². The van der Waals surface area contributed by atoms with E-state index in [1.165, 1.54) is 0 Å². The first-order valence-electron chi connectivity index (χ1n) is 9.73. The Balaban J connectivity index is 1.80. The lowest BCUT2D eigenvalue weighted by molar-refractivity contribution is -0.138. The summed E-state index contributed by atoms with van der Waals surface area (Å²) in [6, 6.07) is 13.0. The first-order valence-corrected chi connectivity index (χ1v) is 10.1. The highest BCUT2D eigenvalue weighted by Crippen LogP contribution is 2.30. The van der Waals surface area contributed by atoms with Gasteiger partial charge in [0.1, 0.15) is 5.75 Å². The van der Waals surface area contributed by atoms with Crippen LogP contribution in [0.2, 0.25) is 5.02 Å². The smallest absolute Gasteiger partial charge is 0.263 e. The number of hydrogen-bond acceptors (Lipinski definition) is 3. The molecule has 1 atom stereocenters. The Labute approximate surface area is 177 Å². The normalized spacial score (nSPS) is 16.7. The average molecular weight is 415 g/mol. The Morgan fingerprint density at radius 2 is 1.90 bits per heavy atom. The van der Waals surface area contributed by atoms with E-state index in [1.807, 2.05) is 63.2 Å². The molecule has 2 aromatic rings. The number of carbonyl (C=O) groups is 2. The summed E-state index contributed by atoms with van der Waals surface area (Å²) in [5.41, 5.74) is 2.48. The highest BCUT2D eigenvalue weighted by molar-refractivity contribution is 6.30. The number of ether oxygens (including phenoxy) is 1. The van der Waals surface area contributed by atoms with Gasteiger partial charge in [0.05, 0.1) is 0 Å². The molecule has 2 amide bonds. The van der Waals surface area contributed by atoms with Crippen LogP contribution in [0.4, 0.5) is 5.69 Å². The number of benzene rings is 2. The lowest BCUT2D eigenvalue weighted by atomic mass is 9.92. The first kappa shape index (κ1) is 21.2. The molecule has 0 aromatic heterocycles. The zero-order valence-electron chi connectivity index (χ0n) is 17.3. The fraction of sp³-hybridized carbons (Fsp3) is 0.391. The van der Waals surface area contributed by atoms with Crippen molar-refractivity contribution in [2.24, 2.45) is 5.41 Å². The van der Waals surface area contributed by atoms with Gasteiger partial charge in [-0.15, -0.1) is 0 Å². The Morgan fingerprint density at radius 1 is 1.21 bits per heavy atom. The van der Waals surface area contributed by atoms with Gasteiger partial charge in [0, 0.05) is 35.8 Å². The number of fused-ring (bicyclic) bond motifs is 1. The van der Waals surface area contributed by atoms with Crippen molar-refractivity contribution in [2.75, 3.05) is 5.32 Å². The topological polar surface area (TPSA) is 58.6 Å². The molecule has 0 unspecified atom stereocenters. The Hall–Kier alpha value is -2.53. The zero-order valence-corrected chi connectivity index (χ0v) is 18.0. The molecule has 6 heteroatoms. The van der Waals surface area contributed by atoms with Gasteiger partial charge in [-0.2, -0.15) is 0 Å². The van der Waals surface area contributed by atoms with E-state index in [-0.39, 0.29) is 17.2 Å². The van der Waals surface area contributed by atoms with Crippen molar-refractivity contribution in [1.82, 2.24) is 4.90 Å². The third-order valence-corrected chi connectivity index (χ3v) is 4.90. The number of nitrogens with one attached hydrogen (secondary N) is 1. The van der Waals surface area contributed by atoms with Gasteiger partial charge >= 0.3 is 0 Å². The number of carbonyl (C=O) groups excluding carboxylic acids is 2. The van der Waals surface area contributed by atoms with Gasteiger partial charge in [0.2, 0.25) is 5.91 Å². The van der Waals surface area contributed by atoms with Crippen LogP contribution in [0.1, 0.15) is 45.2 Å². The molecule has 0 fully saturated rings. The third-order valence-electron chi connectivity index (χ3n) is 4.65. The molecule has 1 aliphatic rings. The summed E-state index contributed by atoms with van der Waals surface area (Å²) in [4.78, 5) is 26.9. The Kier molecular flexibility index (Phi) is 6.18. The maximum Gasteiger partial charge on any atom is 0.263 e. The van der Waals surface area contributed by atoms with Crippen molar-refractivity contribution in [2.45, 2.75) is 53.3 Å². The van der Waals surface area contributed by atoms with Crippen LogP contribution in [-0.2, 0) is 22.7 Å². The van der Waals surface area contributed by atoms with Gasteiger partial charge in [-0.1, -0.05) is 44.5 Å². The molecule has 0 radical (unpaired) electrons. The molecule has 1 N–H and O–H groups in total. The first-order chi connectivity index (χ1) is 13.6. The SMILES string of the molecule is C[C@H]1Oc2ccc(NC(=O)CC(C)(C)C)cc2CN(Cc2ccc(Cl)cc2)C1=O. The fourth-order valence-electron chi connectivity index (χ4n) is 3.31. The molecule has 29 heavy (non-hydrogen) atoms. The summed E-state index contributed by atoms with van der Waals surface area (Å²) in [6.07, 6.45) is -0.149. The average Bonchev–Trinajstić information content (AvgIpc) is 2.73. The molecule has 3 rings (SSSR count). The van der Waals surface area contributed by atoms with Gasteiger partial charge in [-0.05, 0) is 48.2 Å². The molecule has 0 spiro atoms. The van der Waals surface area contributed by atoms with Crippen LogP contribution in [0.25, 0.3) is 0 Å². The second-order valence-electron chi connectivity index (χ2n) is 8.69. The molecule has 0 bridgehead atoms. The molecule has 0 aliphatic carbocycles. The highest BCUT2D eigenvalue weighted by atomic mass is 35.5. The second kappa shape index (κ2) is 8.46. The second-order valence-corrected chi connectivity index (χ2v) is 9.13. The molecule has 0 saturated heterocycles.